The largest absolute Gasteiger partial charge is 0.384 e. The number of anilines is 1. The van der Waals surface area contributed by atoms with Crippen LogP contribution >= 0.6 is 11.6 Å². The first-order chi connectivity index (χ1) is 14.5. The molecule has 0 saturated heterocycles. The summed E-state index contributed by atoms with van der Waals surface area (Å²) in [6.45, 7) is 0. The molecule has 0 amide bonds. The van der Waals surface area contributed by atoms with E-state index in [1.807, 2.05) is 28.8 Å². The molecule has 6 nitrogen and oxygen atoms in total. The lowest BCUT2D eigenvalue weighted by Gasteiger charge is -2.25. The number of nitrogens with two attached hydrogens (primary N) is 1. The first-order valence-electron chi connectivity index (χ1n) is 10.0. The summed E-state index contributed by atoms with van der Waals surface area (Å²) in [7, 11) is -3.94. The van der Waals surface area contributed by atoms with Gasteiger partial charge in [-0.3, -0.25) is 0 Å². The van der Waals surface area contributed by atoms with E-state index >= 15 is 0 Å². The Morgan fingerprint density at radius 2 is 1.67 bits per heavy atom. The zero-order valence-electron chi connectivity index (χ0n) is 16.3. The molecule has 0 atom stereocenters. The van der Waals surface area contributed by atoms with Crippen LogP contribution in [0.4, 0.5) is 5.82 Å². The maximum absolute atomic E-state index is 13.6. The van der Waals surface area contributed by atoms with Crippen molar-refractivity contribution in [3.63, 3.8) is 0 Å². The summed E-state index contributed by atoms with van der Waals surface area (Å²) < 4.78 is 29.2. The number of hydrogen-bond donors (Lipinski definition) is 1. The molecule has 2 N–H and O–H groups in total. The molecule has 2 aromatic heterocycles. The van der Waals surface area contributed by atoms with Crippen LogP contribution in [0.1, 0.15) is 38.1 Å². The molecular formula is C22H21ClN4O2S. The summed E-state index contributed by atoms with van der Waals surface area (Å²) in [6.07, 6.45) is 5.23. The fraction of sp³-hybridized carbons (Fsp3) is 0.273. The molecule has 0 aliphatic heterocycles. The van der Waals surface area contributed by atoms with Crippen molar-refractivity contribution in [2.45, 2.75) is 47.9 Å². The van der Waals surface area contributed by atoms with Crippen molar-refractivity contribution < 1.29 is 8.42 Å². The summed E-state index contributed by atoms with van der Waals surface area (Å²) in [5, 5.41) is 0.349. The zero-order chi connectivity index (χ0) is 20.9. The van der Waals surface area contributed by atoms with Crippen molar-refractivity contribution in [1.82, 2.24) is 14.5 Å². The molecule has 8 heteroatoms. The fourth-order valence-electron chi connectivity index (χ4n) is 4.38. The molecule has 4 aromatic rings. The van der Waals surface area contributed by atoms with Gasteiger partial charge in [0.25, 0.3) is 0 Å². The van der Waals surface area contributed by atoms with Crippen molar-refractivity contribution in [3.05, 3.63) is 53.6 Å². The van der Waals surface area contributed by atoms with E-state index in [4.69, 9.17) is 27.3 Å². The van der Waals surface area contributed by atoms with Gasteiger partial charge in [-0.2, -0.15) is 0 Å². The maximum atomic E-state index is 13.6. The average Bonchev–Trinajstić information content (AvgIpc) is 3.04. The number of hydrogen-bond acceptors (Lipinski definition) is 5. The average molecular weight is 441 g/mol. The van der Waals surface area contributed by atoms with Crippen LogP contribution in [0, 0.1) is 0 Å². The number of rotatable bonds is 3. The number of halogens is 1. The molecule has 1 fully saturated rings. The second kappa shape index (κ2) is 7.25. The van der Waals surface area contributed by atoms with Crippen LogP contribution in [0.5, 0.6) is 0 Å². The van der Waals surface area contributed by atoms with E-state index in [-0.39, 0.29) is 21.7 Å². The minimum atomic E-state index is -3.94. The van der Waals surface area contributed by atoms with Crippen molar-refractivity contribution >= 4 is 49.5 Å². The van der Waals surface area contributed by atoms with Gasteiger partial charge in [-0.25, -0.2) is 18.4 Å². The van der Waals surface area contributed by atoms with Crippen LogP contribution in [-0.2, 0) is 9.84 Å². The number of fused-ring (bicyclic) bond motifs is 2. The predicted octanol–water partition coefficient (Wildman–Crippen LogP) is 5.16. The molecule has 1 aliphatic rings. The molecule has 1 aliphatic carbocycles. The number of nitrogens with zero attached hydrogens (tertiary/aromatic N) is 3. The van der Waals surface area contributed by atoms with E-state index in [2.05, 4.69) is 0 Å². The minimum Gasteiger partial charge on any atom is -0.384 e. The molecule has 0 bridgehead atoms. The third kappa shape index (κ3) is 3.04. The third-order valence-corrected chi connectivity index (χ3v) is 7.85. The normalized spacial score (nSPS) is 15.8. The monoisotopic (exact) mass is 440 g/mol. The Kier molecular flexibility index (Phi) is 4.67. The molecule has 2 heterocycles. The molecule has 0 unspecified atom stereocenters. The number of benzene rings is 2. The second-order valence-electron chi connectivity index (χ2n) is 7.72. The Hall–Kier alpha value is -2.64. The number of aromatic nitrogens is 3. The van der Waals surface area contributed by atoms with Gasteiger partial charge in [0.05, 0.1) is 15.9 Å². The Morgan fingerprint density at radius 1 is 0.967 bits per heavy atom. The summed E-state index contributed by atoms with van der Waals surface area (Å²) in [4.78, 5) is 9.60. The van der Waals surface area contributed by atoms with Gasteiger partial charge >= 0.3 is 0 Å². The van der Waals surface area contributed by atoms with E-state index < -0.39 is 9.84 Å². The molecule has 154 valence electrons. The number of nitrogen functional groups attached to an aromatic ring is 1. The number of sulfone groups is 1. The van der Waals surface area contributed by atoms with Crippen LogP contribution in [0.3, 0.4) is 0 Å². The lowest BCUT2D eigenvalue weighted by atomic mass is 9.95. The van der Waals surface area contributed by atoms with Crippen molar-refractivity contribution in [2.24, 2.45) is 0 Å². The van der Waals surface area contributed by atoms with Gasteiger partial charge in [0.1, 0.15) is 16.2 Å². The molecule has 30 heavy (non-hydrogen) atoms. The highest BCUT2D eigenvalue weighted by Crippen LogP contribution is 2.40. The Labute approximate surface area is 179 Å². The number of para-hydroxylation sites is 2. The van der Waals surface area contributed by atoms with Crippen LogP contribution < -0.4 is 5.73 Å². The van der Waals surface area contributed by atoms with Gasteiger partial charge in [-0.15, -0.1) is 0 Å². The van der Waals surface area contributed by atoms with Crippen molar-refractivity contribution in [1.29, 1.82) is 0 Å². The predicted molar refractivity (Wildman–Crippen MR) is 118 cm³/mol. The van der Waals surface area contributed by atoms with Crippen LogP contribution in [0.25, 0.3) is 22.2 Å². The minimum absolute atomic E-state index is 0.0172. The highest BCUT2D eigenvalue weighted by Gasteiger charge is 2.32. The van der Waals surface area contributed by atoms with E-state index in [1.54, 1.807) is 12.1 Å². The van der Waals surface area contributed by atoms with Crippen molar-refractivity contribution in [3.8, 4) is 0 Å². The molecular weight excluding hydrogens is 420 g/mol. The molecule has 1 saturated carbocycles. The first-order valence-corrected chi connectivity index (χ1v) is 11.9. The SMILES string of the molecule is Nc1c(S(=O)(=O)c2cccc(Cl)c2)c2nc3ccccc3nc2n1C1CCCCC1. The van der Waals surface area contributed by atoms with Crippen LogP contribution in [0.2, 0.25) is 5.02 Å². The molecule has 0 spiro atoms. The van der Waals surface area contributed by atoms with Gasteiger partial charge < -0.3 is 10.3 Å². The lowest BCUT2D eigenvalue weighted by molar-refractivity contribution is 0.362. The van der Waals surface area contributed by atoms with Crippen LogP contribution in [-0.4, -0.2) is 23.0 Å². The zero-order valence-corrected chi connectivity index (χ0v) is 17.8. The summed E-state index contributed by atoms with van der Waals surface area (Å²) in [6, 6.07) is 13.8. The topological polar surface area (TPSA) is 90.9 Å². The summed E-state index contributed by atoms with van der Waals surface area (Å²) >= 11 is 6.07. The van der Waals surface area contributed by atoms with E-state index in [0.29, 0.717) is 27.2 Å². The smallest absolute Gasteiger partial charge is 0.212 e. The van der Waals surface area contributed by atoms with Gasteiger partial charge in [0.2, 0.25) is 9.84 Å². The maximum Gasteiger partial charge on any atom is 0.212 e. The van der Waals surface area contributed by atoms with E-state index in [0.717, 1.165) is 25.7 Å². The lowest BCUT2D eigenvalue weighted by Crippen LogP contribution is -2.16. The van der Waals surface area contributed by atoms with Crippen LogP contribution in [0.15, 0.2) is 58.3 Å². The molecule has 2 aromatic carbocycles. The van der Waals surface area contributed by atoms with E-state index in [1.165, 1.54) is 18.6 Å². The van der Waals surface area contributed by atoms with Gasteiger partial charge in [-0.1, -0.05) is 49.1 Å². The molecule has 0 radical (unpaired) electrons. The Balaban J connectivity index is 1.85. The van der Waals surface area contributed by atoms with Gasteiger partial charge in [0, 0.05) is 11.1 Å². The third-order valence-electron chi connectivity index (χ3n) is 5.80. The summed E-state index contributed by atoms with van der Waals surface area (Å²) in [5.74, 6) is 0.201. The van der Waals surface area contributed by atoms with E-state index in [9.17, 15) is 8.42 Å². The highest BCUT2D eigenvalue weighted by molar-refractivity contribution is 7.92. The van der Waals surface area contributed by atoms with Crippen molar-refractivity contribution in [2.75, 3.05) is 5.73 Å². The second-order valence-corrected chi connectivity index (χ2v) is 10.0. The Bertz CT molecular complexity index is 1370. The van der Waals surface area contributed by atoms with Gasteiger partial charge in [-0.05, 0) is 43.2 Å². The fourth-order valence-corrected chi connectivity index (χ4v) is 6.18. The quantitative estimate of drug-likeness (QED) is 0.475. The Morgan fingerprint density at radius 3 is 2.37 bits per heavy atom. The molecule has 5 rings (SSSR count). The van der Waals surface area contributed by atoms with Gasteiger partial charge in [0.15, 0.2) is 5.65 Å². The summed E-state index contributed by atoms with van der Waals surface area (Å²) in [5.41, 5.74) is 8.73. The standard InChI is InChI=1S/C22H21ClN4O2S/c23-14-7-6-10-16(13-14)30(28,29)20-19-22(26-18-12-5-4-11-17(18)25-19)27(21(20)24)15-8-2-1-3-9-15/h4-7,10-13,15H,1-3,8-9,24H2. The highest BCUT2D eigenvalue weighted by atomic mass is 35.5. The first kappa shape index (κ1) is 19.3.